The molecule has 0 aliphatic rings. The topological polar surface area (TPSA) is 79.8 Å². The minimum Gasteiger partial charge on any atom is -0.382 e. The van der Waals surface area contributed by atoms with E-state index in [9.17, 15) is 4.39 Å². The van der Waals surface area contributed by atoms with Crippen LogP contribution >= 0.6 is 23.5 Å². The Morgan fingerprint density at radius 2 is 2.10 bits per heavy atom. The predicted octanol–water partition coefficient (Wildman–Crippen LogP) is 5.66. The second-order valence-electron chi connectivity index (χ2n) is 6.20. The number of hydrogen-bond donors (Lipinski definition) is 1. The molecule has 156 valence electrons. The van der Waals surface area contributed by atoms with E-state index >= 15 is 0 Å². The predicted molar refractivity (Wildman–Crippen MR) is 127 cm³/mol. The molecule has 0 radical (unpaired) electrons. The van der Waals surface area contributed by atoms with E-state index in [1.807, 2.05) is 18.9 Å². The van der Waals surface area contributed by atoms with Gasteiger partial charge in [0.15, 0.2) is 11.6 Å². The van der Waals surface area contributed by atoms with Gasteiger partial charge in [-0.25, -0.2) is 24.3 Å². The van der Waals surface area contributed by atoms with E-state index < -0.39 is 0 Å². The molecule has 2 rings (SSSR count). The number of nitrogens with zero attached hydrogens (tertiary/aromatic N) is 5. The van der Waals surface area contributed by atoms with Crippen molar-refractivity contribution in [3.05, 3.63) is 36.4 Å². The van der Waals surface area contributed by atoms with Gasteiger partial charge in [0, 0.05) is 13.6 Å². The van der Waals surface area contributed by atoms with Crippen LogP contribution in [0.25, 0.3) is 0 Å². The lowest BCUT2D eigenvalue weighted by molar-refractivity contribution is 0.628. The average molecular weight is 435 g/mol. The molecule has 0 bridgehead atoms. The first-order valence-corrected chi connectivity index (χ1v) is 11.4. The zero-order chi connectivity index (χ0) is 21.1. The van der Waals surface area contributed by atoms with Gasteiger partial charge in [0.25, 0.3) is 0 Å². The quantitative estimate of drug-likeness (QED) is 0.312. The molecule has 0 saturated carbocycles. The summed E-state index contributed by atoms with van der Waals surface area (Å²) in [5, 5.41) is 0. The molecule has 0 spiro atoms. The summed E-state index contributed by atoms with van der Waals surface area (Å²) >= 11 is 2.93. The highest BCUT2D eigenvalue weighted by molar-refractivity contribution is 8.44. The van der Waals surface area contributed by atoms with Crippen LogP contribution in [0.1, 0.15) is 33.1 Å². The van der Waals surface area contributed by atoms with Crippen molar-refractivity contribution in [1.82, 2.24) is 9.97 Å². The Bertz CT molecular complexity index is 843. The molecule has 0 saturated heterocycles. The van der Waals surface area contributed by atoms with Crippen molar-refractivity contribution in [2.24, 2.45) is 9.98 Å². The molecule has 9 heteroatoms. The standard InChI is InChI=1S/C20H27FN6S2/c1-4-6-7-11-27(3)19-17(18(22)23-13-24-19)25-14-29-20(28-5-2)26-16-10-8-9-15(21)12-16/h8-10,12-14H,4-7,11H2,1-3H3,(H2,22,23,24). The van der Waals surface area contributed by atoms with E-state index in [-0.39, 0.29) is 5.82 Å². The second kappa shape index (κ2) is 12.4. The summed E-state index contributed by atoms with van der Waals surface area (Å²) in [6.07, 6.45) is 4.85. The maximum atomic E-state index is 13.4. The first-order chi connectivity index (χ1) is 14.0. The fraction of sp³-hybridized carbons (Fsp3) is 0.400. The van der Waals surface area contributed by atoms with Gasteiger partial charge in [-0.3, -0.25) is 0 Å². The van der Waals surface area contributed by atoms with Crippen LogP contribution in [0, 0.1) is 5.82 Å². The Balaban J connectivity index is 2.16. The number of benzene rings is 1. The number of anilines is 2. The van der Waals surface area contributed by atoms with Crippen LogP contribution in [0.3, 0.4) is 0 Å². The molecule has 6 nitrogen and oxygen atoms in total. The highest BCUT2D eigenvalue weighted by Gasteiger charge is 2.12. The molecular formula is C20H27FN6S2. The molecule has 0 aliphatic carbocycles. The monoisotopic (exact) mass is 434 g/mol. The van der Waals surface area contributed by atoms with Gasteiger partial charge >= 0.3 is 0 Å². The Kier molecular flexibility index (Phi) is 9.93. The number of nitrogen functional groups attached to an aromatic ring is 1. The fourth-order valence-electron chi connectivity index (χ4n) is 2.48. The van der Waals surface area contributed by atoms with Crippen LogP contribution in [-0.4, -0.2) is 39.2 Å². The smallest absolute Gasteiger partial charge is 0.159 e. The Labute approximate surface area is 180 Å². The van der Waals surface area contributed by atoms with Gasteiger partial charge in [-0.05, 0) is 30.4 Å². The van der Waals surface area contributed by atoms with E-state index in [0.29, 0.717) is 23.0 Å². The molecule has 2 N–H and O–H groups in total. The Hall–Kier alpha value is -2.13. The van der Waals surface area contributed by atoms with Gasteiger partial charge in [0.2, 0.25) is 0 Å². The summed E-state index contributed by atoms with van der Waals surface area (Å²) in [5.41, 5.74) is 8.85. The maximum Gasteiger partial charge on any atom is 0.159 e. The largest absolute Gasteiger partial charge is 0.382 e. The Morgan fingerprint density at radius 1 is 1.28 bits per heavy atom. The van der Waals surface area contributed by atoms with Crippen molar-refractivity contribution in [2.75, 3.05) is 30.0 Å². The van der Waals surface area contributed by atoms with Crippen molar-refractivity contribution in [3.63, 3.8) is 0 Å². The van der Waals surface area contributed by atoms with E-state index in [4.69, 9.17) is 5.73 Å². The third-order valence-electron chi connectivity index (χ3n) is 3.92. The van der Waals surface area contributed by atoms with Crippen LogP contribution in [0.2, 0.25) is 0 Å². The molecular weight excluding hydrogens is 407 g/mol. The number of thioether (sulfide) groups is 2. The SMILES string of the molecule is CCCCCN(C)c1ncnc(N)c1N=CSC(=Nc1cccc(F)c1)SCC. The van der Waals surface area contributed by atoms with Crippen molar-refractivity contribution in [3.8, 4) is 0 Å². The molecule has 1 aromatic carbocycles. The lowest BCUT2D eigenvalue weighted by Crippen LogP contribution is -2.20. The number of rotatable bonds is 9. The van der Waals surface area contributed by atoms with Crippen molar-refractivity contribution in [1.29, 1.82) is 0 Å². The molecule has 0 amide bonds. The van der Waals surface area contributed by atoms with Crippen molar-refractivity contribution < 1.29 is 4.39 Å². The van der Waals surface area contributed by atoms with Gasteiger partial charge in [-0.1, -0.05) is 56.3 Å². The minimum atomic E-state index is -0.310. The number of aliphatic imine (C=N–C) groups is 2. The van der Waals surface area contributed by atoms with E-state index in [0.717, 1.165) is 35.9 Å². The lowest BCUT2D eigenvalue weighted by Gasteiger charge is -2.19. The number of hydrogen-bond acceptors (Lipinski definition) is 8. The van der Waals surface area contributed by atoms with Crippen LogP contribution < -0.4 is 10.6 Å². The second-order valence-corrected chi connectivity index (χ2v) is 8.55. The van der Waals surface area contributed by atoms with Gasteiger partial charge in [-0.15, -0.1) is 0 Å². The third kappa shape index (κ3) is 7.66. The van der Waals surface area contributed by atoms with Gasteiger partial charge in [0.1, 0.15) is 22.2 Å². The number of unbranched alkanes of at least 4 members (excludes halogenated alkanes) is 2. The number of aromatic nitrogens is 2. The van der Waals surface area contributed by atoms with Crippen LogP contribution in [0.4, 0.5) is 27.4 Å². The molecule has 0 fully saturated rings. The molecule has 0 aliphatic heterocycles. The van der Waals surface area contributed by atoms with E-state index in [1.54, 1.807) is 29.4 Å². The third-order valence-corrected chi connectivity index (χ3v) is 5.69. The summed E-state index contributed by atoms with van der Waals surface area (Å²) < 4.78 is 14.2. The van der Waals surface area contributed by atoms with Gasteiger partial charge in [-0.2, -0.15) is 0 Å². The molecule has 1 aromatic heterocycles. The summed E-state index contributed by atoms with van der Waals surface area (Å²) in [7, 11) is 1.98. The first-order valence-electron chi connectivity index (χ1n) is 9.53. The fourth-order valence-corrected chi connectivity index (χ4v) is 4.06. The molecule has 1 heterocycles. The number of nitrogens with two attached hydrogens (primary N) is 1. The normalized spacial score (nSPS) is 11.9. The summed E-state index contributed by atoms with van der Waals surface area (Å²) in [6, 6.07) is 6.21. The molecule has 2 aromatic rings. The van der Waals surface area contributed by atoms with Crippen LogP contribution in [-0.2, 0) is 0 Å². The van der Waals surface area contributed by atoms with Gasteiger partial charge in [0.05, 0.1) is 11.2 Å². The van der Waals surface area contributed by atoms with Crippen molar-refractivity contribution in [2.45, 2.75) is 33.1 Å². The number of halogens is 1. The zero-order valence-electron chi connectivity index (χ0n) is 17.0. The summed E-state index contributed by atoms with van der Waals surface area (Å²) in [4.78, 5) is 19.5. The summed E-state index contributed by atoms with van der Waals surface area (Å²) in [6.45, 7) is 5.08. The minimum absolute atomic E-state index is 0.310. The molecule has 0 atom stereocenters. The van der Waals surface area contributed by atoms with E-state index in [2.05, 4.69) is 26.9 Å². The average Bonchev–Trinajstić information content (AvgIpc) is 2.69. The highest BCUT2D eigenvalue weighted by atomic mass is 32.2. The maximum absolute atomic E-state index is 13.4. The van der Waals surface area contributed by atoms with Crippen molar-refractivity contribution >= 4 is 56.5 Å². The highest BCUT2D eigenvalue weighted by Crippen LogP contribution is 2.31. The lowest BCUT2D eigenvalue weighted by atomic mass is 10.2. The summed E-state index contributed by atoms with van der Waals surface area (Å²) in [5.74, 6) is 1.57. The molecule has 29 heavy (non-hydrogen) atoms. The van der Waals surface area contributed by atoms with Crippen LogP contribution in [0.15, 0.2) is 40.6 Å². The zero-order valence-corrected chi connectivity index (χ0v) is 18.6. The first kappa shape index (κ1) is 23.2. The van der Waals surface area contributed by atoms with Crippen LogP contribution in [0.5, 0.6) is 0 Å². The Morgan fingerprint density at radius 3 is 2.83 bits per heavy atom. The van der Waals surface area contributed by atoms with E-state index in [1.165, 1.54) is 30.2 Å². The molecule has 0 unspecified atom stereocenters. The van der Waals surface area contributed by atoms with Gasteiger partial charge < -0.3 is 10.6 Å².